The van der Waals surface area contributed by atoms with Gasteiger partial charge in [-0.1, -0.05) is 0 Å². The molecule has 0 bridgehead atoms. The third-order valence-electron chi connectivity index (χ3n) is 3.04. The highest BCUT2D eigenvalue weighted by Gasteiger charge is 2.21. The van der Waals surface area contributed by atoms with E-state index < -0.39 is 0 Å². The third kappa shape index (κ3) is 4.18. The summed E-state index contributed by atoms with van der Waals surface area (Å²) in [5.41, 5.74) is 5.56. The van der Waals surface area contributed by atoms with Crippen LogP contribution in [0.2, 0.25) is 0 Å². The van der Waals surface area contributed by atoms with Gasteiger partial charge in [-0.3, -0.25) is 9.69 Å². The Morgan fingerprint density at radius 3 is 2.87 bits per heavy atom. The summed E-state index contributed by atoms with van der Waals surface area (Å²) in [7, 11) is 3.62. The molecule has 1 rings (SSSR count). The van der Waals surface area contributed by atoms with Crippen molar-refractivity contribution >= 4 is 5.91 Å². The highest BCUT2D eigenvalue weighted by atomic mass is 16.2. The summed E-state index contributed by atoms with van der Waals surface area (Å²) in [6.07, 6.45) is 3.56. The van der Waals surface area contributed by atoms with Crippen LogP contribution in [0.25, 0.3) is 0 Å². The number of piperidine rings is 1. The first-order chi connectivity index (χ1) is 7.13. The summed E-state index contributed by atoms with van der Waals surface area (Å²) < 4.78 is 0. The second-order valence-corrected chi connectivity index (χ2v) is 4.61. The van der Waals surface area contributed by atoms with Gasteiger partial charge in [-0.25, -0.2) is 0 Å². The topological polar surface area (TPSA) is 49.6 Å². The number of likely N-dealkylation sites (tertiary alicyclic amines) is 1. The molecule has 0 aliphatic carbocycles. The number of rotatable bonds is 4. The fourth-order valence-electron chi connectivity index (χ4n) is 2.10. The minimum absolute atomic E-state index is 0.198. The minimum atomic E-state index is 0.198. The molecule has 0 radical (unpaired) electrons. The van der Waals surface area contributed by atoms with E-state index in [9.17, 15) is 4.79 Å². The molecule has 1 atom stereocenters. The van der Waals surface area contributed by atoms with Crippen molar-refractivity contribution in [2.45, 2.75) is 19.3 Å². The van der Waals surface area contributed by atoms with E-state index in [1.54, 1.807) is 4.90 Å². The lowest BCUT2D eigenvalue weighted by atomic mass is 9.95. The van der Waals surface area contributed by atoms with Crippen molar-refractivity contribution in [1.29, 1.82) is 0 Å². The van der Waals surface area contributed by atoms with Crippen LogP contribution in [-0.4, -0.2) is 56.0 Å². The van der Waals surface area contributed by atoms with Crippen molar-refractivity contribution in [3.8, 4) is 0 Å². The van der Waals surface area contributed by atoms with Crippen LogP contribution in [0.1, 0.15) is 19.3 Å². The van der Waals surface area contributed by atoms with Crippen molar-refractivity contribution in [2.75, 3.05) is 40.3 Å². The molecule has 4 heteroatoms. The van der Waals surface area contributed by atoms with E-state index in [2.05, 4.69) is 4.90 Å². The maximum Gasteiger partial charge on any atom is 0.236 e. The number of hydrogen-bond acceptors (Lipinski definition) is 3. The molecule has 1 fully saturated rings. The number of carbonyl (C=O) groups excluding carboxylic acids is 1. The lowest BCUT2D eigenvalue weighted by Gasteiger charge is -2.32. The molecule has 1 aliphatic heterocycles. The first-order valence-corrected chi connectivity index (χ1v) is 5.76. The maximum atomic E-state index is 11.5. The Labute approximate surface area is 92.4 Å². The molecule has 0 saturated carbocycles. The van der Waals surface area contributed by atoms with E-state index in [4.69, 9.17) is 5.73 Å². The zero-order chi connectivity index (χ0) is 11.3. The van der Waals surface area contributed by atoms with Gasteiger partial charge in [0.15, 0.2) is 0 Å². The number of likely N-dealkylation sites (N-methyl/N-ethyl adjacent to an activating group) is 1. The molecule has 4 nitrogen and oxygen atoms in total. The van der Waals surface area contributed by atoms with E-state index in [0.29, 0.717) is 12.5 Å². The molecule has 1 heterocycles. The molecule has 0 aromatic carbocycles. The lowest BCUT2D eigenvalue weighted by molar-refractivity contribution is -0.130. The number of nitrogens with two attached hydrogens (primary N) is 1. The smallest absolute Gasteiger partial charge is 0.236 e. The van der Waals surface area contributed by atoms with Crippen molar-refractivity contribution in [2.24, 2.45) is 11.7 Å². The van der Waals surface area contributed by atoms with Gasteiger partial charge in [0.1, 0.15) is 0 Å². The van der Waals surface area contributed by atoms with Crippen LogP contribution >= 0.6 is 0 Å². The number of amides is 1. The first-order valence-electron chi connectivity index (χ1n) is 5.76. The Kier molecular flexibility index (Phi) is 5.05. The highest BCUT2D eigenvalue weighted by molar-refractivity contribution is 5.77. The van der Waals surface area contributed by atoms with Gasteiger partial charge in [-0.2, -0.15) is 0 Å². The van der Waals surface area contributed by atoms with Crippen LogP contribution in [-0.2, 0) is 4.79 Å². The summed E-state index contributed by atoms with van der Waals surface area (Å²) in [5.74, 6) is 0.891. The van der Waals surface area contributed by atoms with Crippen molar-refractivity contribution in [1.82, 2.24) is 9.80 Å². The molecule has 0 aromatic heterocycles. The fraction of sp³-hybridized carbons (Fsp3) is 0.909. The predicted octanol–water partition coefficient (Wildman–Crippen LogP) is 0.135. The molecule has 2 N–H and O–H groups in total. The molecule has 0 spiro atoms. The van der Waals surface area contributed by atoms with Crippen LogP contribution in [0.4, 0.5) is 0 Å². The summed E-state index contributed by atoms with van der Waals surface area (Å²) in [5, 5.41) is 0. The van der Waals surface area contributed by atoms with E-state index in [1.807, 2.05) is 14.1 Å². The number of hydrogen-bond donors (Lipinski definition) is 1. The van der Waals surface area contributed by atoms with E-state index in [0.717, 1.165) is 26.1 Å². The lowest BCUT2D eigenvalue weighted by Crippen LogP contribution is -2.42. The van der Waals surface area contributed by atoms with Crippen molar-refractivity contribution in [3.63, 3.8) is 0 Å². The van der Waals surface area contributed by atoms with Gasteiger partial charge in [0.05, 0.1) is 6.54 Å². The monoisotopic (exact) mass is 213 g/mol. The number of nitrogens with zero attached hydrogens (tertiary/aromatic N) is 2. The van der Waals surface area contributed by atoms with Gasteiger partial charge in [-0.05, 0) is 38.3 Å². The van der Waals surface area contributed by atoms with Gasteiger partial charge in [0, 0.05) is 20.6 Å². The zero-order valence-electron chi connectivity index (χ0n) is 9.91. The molecule has 1 saturated heterocycles. The summed E-state index contributed by atoms with van der Waals surface area (Å²) >= 11 is 0. The second kappa shape index (κ2) is 6.08. The Morgan fingerprint density at radius 2 is 2.27 bits per heavy atom. The van der Waals surface area contributed by atoms with Crippen LogP contribution in [0.3, 0.4) is 0 Å². The van der Waals surface area contributed by atoms with Gasteiger partial charge < -0.3 is 10.6 Å². The molecule has 0 aromatic rings. The largest absolute Gasteiger partial charge is 0.348 e. The normalized spacial score (nSPS) is 22.7. The van der Waals surface area contributed by atoms with Crippen molar-refractivity contribution in [3.05, 3.63) is 0 Å². The third-order valence-corrected chi connectivity index (χ3v) is 3.04. The molecule has 15 heavy (non-hydrogen) atoms. The summed E-state index contributed by atoms with van der Waals surface area (Å²) in [4.78, 5) is 15.5. The van der Waals surface area contributed by atoms with E-state index in [1.165, 1.54) is 12.8 Å². The SMILES string of the molecule is CN(C)C(=O)CN1CCCC(CCN)C1. The average Bonchev–Trinajstić information content (AvgIpc) is 2.18. The van der Waals surface area contributed by atoms with Crippen LogP contribution in [0.5, 0.6) is 0 Å². The first kappa shape index (κ1) is 12.5. The number of carbonyl (C=O) groups is 1. The Balaban J connectivity index is 2.32. The van der Waals surface area contributed by atoms with E-state index in [-0.39, 0.29) is 5.91 Å². The van der Waals surface area contributed by atoms with Gasteiger partial charge >= 0.3 is 0 Å². The molecular formula is C11H23N3O. The Morgan fingerprint density at radius 1 is 1.53 bits per heavy atom. The Bertz CT molecular complexity index is 204. The molecule has 1 amide bonds. The van der Waals surface area contributed by atoms with Crippen LogP contribution in [0.15, 0.2) is 0 Å². The average molecular weight is 213 g/mol. The second-order valence-electron chi connectivity index (χ2n) is 4.61. The Hall–Kier alpha value is -0.610. The van der Waals surface area contributed by atoms with E-state index >= 15 is 0 Å². The predicted molar refractivity (Wildman–Crippen MR) is 61.5 cm³/mol. The molecule has 1 aliphatic rings. The summed E-state index contributed by atoms with van der Waals surface area (Å²) in [6, 6.07) is 0. The minimum Gasteiger partial charge on any atom is -0.348 e. The summed E-state index contributed by atoms with van der Waals surface area (Å²) in [6.45, 7) is 3.42. The fourth-order valence-corrected chi connectivity index (χ4v) is 2.10. The molecule has 88 valence electrons. The molecular weight excluding hydrogens is 190 g/mol. The maximum absolute atomic E-state index is 11.5. The van der Waals surface area contributed by atoms with Crippen LogP contribution in [0, 0.1) is 5.92 Å². The van der Waals surface area contributed by atoms with Gasteiger partial charge in [0.25, 0.3) is 0 Å². The van der Waals surface area contributed by atoms with Gasteiger partial charge in [-0.15, -0.1) is 0 Å². The van der Waals surface area contributed by atoms with Gasteiger partial charge in [0.2, 0.25) is 5.91 Å². The quantitative estimate of drug-likeness (QED) is 0.722. The van der Waals surface area contributed by atoms with Crippen LogP contribution < -0.4 is 5.73 Å². The highest BCUT2D eigenvalue weighted by Crippen LogP contribution is 2.18. The standard InChI is InChI=1S/C11H23N3O/c1-13(2)11(15)9-14-7-3-4-10(8-14)5-6-12/h10H,3-9,12H2,1-2H3. The van der Waals surface area contributed by atoms with Crippen molar-refractivity contribution < 1.29 is 4.79 Å². The zero-order valence-corrected chi connectivity index (χ0v) is 9.91. The molecule has 1 unspecified atom stereocenters.